The maximum absolute atomic E-state index is 13.5. The minimum atomic E-state index is -4.77. The molecule has 4 rings (SSSR count). The Morgan fingerprint density at radius 1 is 1.20 bits per heavy atom. The van der Waals surface area contributed by atoms with E-state index in [9.17, 15) is 18.0 Å². The van der Waals surface area contributed by atoms with Gasteiger partial charge in [0.25, 0.3) is 0 Å². The summed E-state index contributed by atoms with van der Waals surface area (Å²) in [6, 6.07) is 10.0. The molecule has 0 saturated carbocycles. The fourth-order valence-electron chi connectivity index (χ4n) is 4.11. The second-order valence-electron chi connectivity index (χ2n) is 8.08. The van der Waals surface area contributed by atoms with Gasteiger partial charge in [0.05, 0.1) is 17.8 Å². The van der Waals surface area contributed by atoms with Crippen molar-refractivity contribution in [2.75, 3.05) is 31.6 Å². The smallest absolute Gasteiger partial charge is 0.436 e. The highest BCUT2D eigenvalue weighted by molar-refractivity contribution is 6.33. The lowest BCUT2D eigenvalue weighted by Gasteiger charge is -2.41. The Balaban J connectivity index is 1.55. The monoisotopic (exact) mass is 527 g/mol. The van der Waals surface area contributed by atoms with E-state index in [-0.39, 0.29) is 23.3 Å². The van der Waals surface area contributed by atoms with Crippen molar-refractivity contribution in [2.24, 2.45) is 0 Å². The van der Waals surface area contributed by atoms with Crippen molar-refractivity contribution in [3.63, 3.8) is 0 Å². The maximum atomic E-state index is 13.5. The van der Waals surface area contributed by atoms with Gasteiger partial charge in [-0.15, -0.1) is 0 Å². The van der Waals surface area contributed by atoms with Crippen LogP contribution < -0.4 is 9.64 Å². The van der Waals surface area contributed by atoms with Crippen LogP contribution in [0.3, 0.4) is 0 Å². The number of aromatic nitrogens is 3. The van der Waals surface area contributed by atoms with E-state index < -0.39 is 23.4 Å². The molecule has 1 saturated heterocycles. The van der Waals surface area contributed by atoms with Gasteiger partial charge in [0, 0.05) is 43.6 Å². The van der Waals surface area contributed by atoms with Crippen LogP contribution in [-0.4, -0.2) is 58.4 Å². The zero-order chi connectivity index (χ0) is 25.3. The van der Waals surface area contributed by atoms with Crippen molar-refractivity contribution in [3.8, 4) is 17.1 Å². The van der Waals surface area contributed by atoms with Gasteiger partial charge < -0.3 is 14.5 Å². The summed E-state index contributed by atoms with van der Waals surface area (Å²) < 4.78 is 46.8. The van der Waals surface area contributed by atoms with Gasteiger partial charge in [-0.3, -0.25) is 14.5 Å². The fourth-order valence-corrected chi connectivity index (χ4v) is 4.64. The van der Waals surface area contributed by atoms with Crippen LogP contribution in [-0.2, 0) is 17.5 Å². The van der Waals surface area contributed by atoms with Crippen molar-refractivity contribution in [2.45, 2.75) is 25.7 Å². The van der Waals surface area contributed by atoms with E-state index in [0.29, 0.717) is 30.4 Å². The molecule has 0 N–H and O–H groups in total. The molecule has 1 amide bonds. The minimum Gasteiger partial charge on any atom is -0.495 e. The summed E-state index contributed by atoms with van der Waals surface area (Å²) in [6.45, 7) is 2.92. The Labute approximate surface area is 210 Å². The fraction of sp³-hybridized carbons (Fsp3) is 0.348. The van der Waals surface area contributed by atoms with Crippen LogP contribution >= 0.6 is 23.2 Å². The van der Waals surface area contributed by atoms with Gasteiger partial charge >= 0.3 is 6.18 Å². The molecule has 1 aliphatic rings. The lowest BCUT2D eigenvalue weighted by atomic mass is 10.1. The molecule has 0 bridgehead atoms. The molecule has 186 valence electrons. The molecule has 1 atom stereocenters. The number of carbonyl (C=O) groups excluding carboxylic acids is 1. The van der Waals surface area contributed by atoms with Crippen molar-refractivity contribution in [3.05, 3.63) is 58.3 Å². The summed E-state index contributed by atoms with van der Waals surface area (Å²) in [5.74, 6) is 0.185. The zero-order valence-corrected chi connectivity index (χ0v) is 20.4. The first kappa shape index (κ1) is 25.1. The Hall–Kier alpha value is -2.98. The SMILES string of the molecule is COc1cc(N2CCN(C(=O)Cn3nc(C(F)(F)F)c(Cl)c3-c3ccccn3)C(C)C2)ccc1Cl. The Morgan fingerprint density at radius 3 is 2.60 bits per heavy atom. The molecular weight excluding hydrogens is 506 g/mol. The molecule has 12 heteroatoms. The highest BCUT2D eigenvalue weighted by atomic mass is 35.5. The molecule has 0 radical (unpaired) electrons. The number of piperazine rings is 1. The van der Waals surface area contributed by atoms with Crippen molar-refractivity contribution >= 4 is 34.8 Å². The molecule has 0 aliphatic carbocycles. The first-order valence-electron chi connectivity index (χ1n) is 10.7. The van der Waals surface area contributed by atoms with Crippen LogP contribution in [0.4, 0.5) is 18.9 Å². The topological polar surface area (TPSA) is 63.5 Å². The molecule has 1 unspecified atom stereocenters. The lowest BCUT2D eigenvalue weighted by molar-refractivity contribution is -0.142. The van der Waals surface area contributed by atoms with Crippen LogP contribution in [0.2, 0.25) is 10.0 Å². The summed E-state index contributed by atoms with van der Waals surface area (Å²) in [7, 11) is 1.54. The van der Waals surface area contributed by atoms with E-state index in [1.807, 2.05) is 19.1 Å². The third-order valence-electron chi connectivity index (χ3n) is 5.80. The minimum absolute atomic E-state index is 0.0486. The van der Waals surface area contributed by atoms with E-state index in [1.165, 1.54) is 19.4 Å². The van der Waals surface area contributed by atoms with E-state index >= 15 is 0 Å². The van der Waals surface area contributed by atoms with E-state index in [1.54, 1.807) is 23.1 Å². The molecule has 1 aliphatic heterocycles. The van der Waals surface area contributed by atoms with E-state index in [0.717, 1.165) is 10.4 Å². The van der Waals surface area contributed by atoms with Gasteiger partial charge in [0.2, 0.25) is 5.91 Å². The average Bonchev–Trinajstić information content (AvgIpc) is 3.15. The van der Waals surface area contributed by atoms with Crippen molar-refractivity contribution in [1.82, 2.24) is 19.7 Å². The lowest BCUT2D eigenvalue weighted by Crippen LogP contribution is -2.54. The summed E-state index contributed by atoms with van der Waals surface area (Å²) in [5.41, 5.74) is -0.200. The van der Waals surface area contributed by atoms with Crippen LogP contribution in [0.15, 0.2) is 42.6 Å². The predicted molar refractivity (Wildman–Crippen MR) is 127 cm³/mol. The standard InChI is InChI=1S/C23H22Cl2F3N5O2/c1-14-12-31(15-6-7-16(24)18(11-15)35-2)9-10-32(14)19(34)13-33-21(17-5-3-4-8-29-17)20(25)22(30-33)23(26,27)28/h3-8,11,14H,9-10,12-13H2,1-2H3. The number of hydrogen-bond acceptors (Lipinski definition) is 5. The first-order valence-corrected chi connectivity index (χ1v) is 11.5. The number of methoxy groups -OCH3 is 1. The number of anilines is 1. The van der Waals surface area contributed by atoms with E-state index in [2.05, 4.69) is 15.0 Å². The van der Waals surface area contributed by atoms with Gasteiger partial charge in [0.15, 0.2) is 5.69 Å². The van der Waals surface area contributed by atoms with Crippen LogP contribution in [0.25, 0.3) is 11.4 Å². The number of pyridine rings is 1. The number of rotatable bonds is 5. The molecule has 3 heterocycles. The quantitative estimate of drug-likeness (QED) is 0.466. The molecule has 2 aromatic heterocycles. The number of carbonyl (C=O) groups is 1. The highest BCUT2D eigenvalue weighted by Crippen LogP contribution is 2.39. The molecule has 1 aromatic carbocycles. The van der Waals surface area contributed by atoms with Gasteiger partial charge in [-0.2, -0.15) is 18.3 Å². The third kappa shape index (κ3) is 5.18. The number of ether oxygens (including phenoxy) is 1. The highest BCUT2D eigenvalue weighted by Gasteiger charge is 2.40. The van der Waals surface area contributed by atoms with Crippen LogP contribution in [0.1, 0.15) is 12.6 Å². The Kier molecular flexibility index (Phi) is 7.14. The summed E-state index contributed by atoms with van der Waals surface area (Å²) in [4.78, 5) is 21.0. The van der Waals surface area contributed by atoms with Gasteiger partial charge in [-0.05, 0) is 31.2 Å². The number of hydrogen-bond donors (Lipinski definition) is 0. The second-order valence-corrected chi connectivity index (χ2v) is 8.87. The normalized spacial score (nSPS) is 16.5. The van der Waals surface area contributed by atoms with Crippen molar-refractivity contribution in [1.29, 1.82) is 0 Å². The van der Waals surface area contributed by atoms with Crippen LogP contribution in [0, 0.1) is 0 Å². The molecule has 7 nitrogen and oxygen atoms in total. The Morgan fingerprint density at radius 2 is 1.97 bits per heavy atom. The number of amides is 1. The summed E-state index contributed by atoms with van der Waals surface area (Å²) in [5, 5.41) is 3.56. The second kappa shape index (κ2) is 9.94. The van der Waals surface area contributed by atoms with Gasteiger partial charge in [0.1, 0.15) is 23.0 Å². The molecule has 3 aromatic rings. The number of halogens is 5. The van der Waals surface area contributed by atoms with Gasteiger partial charge in [-0.1, -0.05) is 29.3 Å². The Bertz CT molecular complexity index is 1220. The summed E-state index contributed by atoms with van der Waals surface area (Å²) in [6.07, 6.45) is -3.33. The molecule has 0 spiro atoms. The predicted octanol–water partition coefficient (Wildman–Crippen LogP) is 5.02. The largest absolute Gasteiger partial charge is 0.495 e. The molecular formula is C23H22Cl2F3N5O2. The third-order valence-corrected chi connectivity index (χ3v) is 6.47. The first-order chi connectivity index (χ1) is 16.6. The number of nitrogens with zero attached hydrogens (tertiary/aromatic N) is 5. The molecule has 35 heavy (non-hydrogen) atoms. The maximum Gasteiger partial charge on any atom is 0.436 e. The zero-order valence-electron chi connectivity index (χ0n) is 18.9. The van der Waals surface area contributed by atoms with Crippen molar-refractivity contribution < 1.29 is 22.7 Å². The number of benzene rings is 1. The van der Waals surface area contributed by atoms with E-state index in [4.69, 9.17) is 27.9 Å². The molecule has 1 fully saturated rings. The van der Waals surface area contributed by atoms with Crippen LogP contribution in [0.5, 0.6) is 5.75 Å². The number of alkyl halides is 3. The summed E-state index contributed by atoms with van der Waals surface area (Å²) >= 11 is 12.2. The van der Waals surface area contributed by atoms with Gasteiger partial charge in [-0.25, -0.2) is 0 Å². The average molecular weight is 528 g/mol.